The number of benzene rings is 1. The second-order valence-electron chi connectivity index (χ2n) is 2.80. The Balaban J connectivity index is 3.12. The van der Waals surface area contributed by atoms with Crippen molar-refractivity contribution in [3.05, 3.63) is 29.6 Å². The average molecular weight is 272 g/mol. The van der Waals surface area contributed by atoms with E-state index in [-0.39, 0.29) is 5.56 Å². The summed E-state index contributed by atoms with van der Waals surface area (Å²) in [7, 11) is 0. The van der Waals surface area contributed by atoms with Crippen LogP contribution in [0.15, 0.2) is 23.2 Å². The van der Waals surface area contributed by atoms with Crippen LogP contribution in [0.25, 0.3) is 0 Å². The van der Waals surface area contributed by atoms with Crippen LogP contribution in [0.4, 0.5) is 10.1 Å². The lowest BCUT2D eigenvalue weighted by Gasteiger charge is -2.02. The van der Waals surface area contributed by atoms with Gasteiger partial charge >= 0.3 is 0 Å². The molecule has 17 heavy (non-hydrogen) atoms. The Labute approximate surface area is 106 Å². The van der Waals surface area contributed by atoms with Gasteiger partial charge in [-0.05, 0) is 36.1 Å². The van der Waals surface area contributed by atoms with Crippen molar-refractivity contribution in [2.24, 2.45) is 4.99 Å². The molecule has 0 saturated heterocycles. The quantitative estimate of drug-likeness (QED) is 0.295. The number of hydrogen-bond donors (Lipinski definition) is 1. The molecule has 0 saturated carbocycles. The van der Waals surface area contributed by atoms with Crippen LogP contribution in [-0.4, -0.2) is 16.7 Å². The SMILES string of the molecule is CSC(=Nc1ccc(F)c(C(=O)Cl)c1)NC#N. The Morgan fingerprint density at radius 2 is 2.35 bits per heavy atom. The molecule has 0 spiro atoms. The van der Waals surface area contributed by atoms with Crippen molar-refractivity contribution in [1.82, 2.24) is 5.32 Å². The van der Waals surface area contributed by atoms with E-state index >= 15 is 0 Å². The van der Waals surface area contributed by atoms with Crippen LogP contribution in [-0.2, 0) is 0 Å². The molecule has 0 aliphatic rings. The Morgan fingerprint density at radius 1 is 1.65 bits per heavy atom. The molecular weight excluding hydrogens is 265 g/mol. The monoisotopic (exact) mass is 271 g/mol. The lowest BCUT2D eigenvalue weighted by molar-refractivity contribution is 0.107. The maximum Gasteiger partial charge on any atom is 0.255 e. The van der Waals surface area contributed by atoms with Crippen molar-refractivity contribution in [3.63, 3.8) is 0 Å². The van der Waals surface area contributed by atoms with Crippen LogP contribution in [0.3, 0.4) is 0 Å². The summed E-state index contributed by atoms with van der Waals surface area (Å²) in [5.74, 6) is -0.706. The van der Waals surface area contributed by atoms with E-state index in [1.54, 1.807) is 12.4 Å². The molecule has 7 heteroatoms. The highest BCUT2D eigenvalue weighted by Gasteiger charge is 2.10. The van der Waals surface area contributed by atoms with E-state index in [0.29, 0.717) is 10.9 Å². The maximum absolute atomic E-state index is 13.2. The highest BCUT2D eigenvalue weighted by atomic mass is 35.5. The highest BCUT2D eigenvalue weighted by Crippen LogP contribution is 2.20. The molecule has 0 amide bonds. The minimum atomic E-state index is -0.890. The minimum Gasteiger partial charge on any atom is -0.275 e. The number of amidine groups is 1. The molecule has 0 radical (unpaired) electrons. The van der Waals surface area contributed by atoms with Crippen molar-refractivity contribution >= 4 is 39.5 Å². The zero-order valence-electron chi connectivity index (χ0n) is 8.70. The molecule has 1 aromatic rings. The fraction of sp³-hybridized carbons (Fsp3) is 0.100. The van der Waals surface area contributed by atoms with E-state index in [0.717, 1.165) is 6.07 Å². The topological polar surface area (TPSA) is 65.2 Å². The number of nitriles is 1. The number of halogens is 2. The van der Waals surface area contributed by atoms with Crippen LogP contribution < -0.4 is 5.32 Å². The molecule has 0 fully saturated rings. The van der Waals surface area contributed by atoms with Crippen molar-refractivity contribution in [1.29, 1.82) is 5.26 Å². The number of nitrogens with zero attached hydrogens (tertiary/aromatic N) is 2. The standard InChI is InChI=1S/C10H7ClFN3OS/c1-17-10(14-5-13)15-6-2-3-8(12)7(4-6)9(11)16/h2-4H,1H3,(H,14,15). The first-order valence-electron chi connectivity index (χ1n) is 4.35. The summed E-state index contributed by atoms with van der Waals surface area (Å²) in [5.41, 5.74) is 0.0906. The molecule has 1 N–H and O–H groups in total. The molecule has 88 valence electrons. The third kappa shape index (κ3) is 3.73. The Kier molecular flexibility index (Phi) is 4.94. The molecular formula is C10H7ClFN3OS. The normalized spacial score (nSPS) is 10.8. The van der Waals surface area contributed by atoms with E-state index in [1.807, 2.05) is 0 Å². The van der Waals surface area contributed by atoms with E-state index in [2.05, 4.69) is 10.3 Å². The zero-order chi connectivity index (χ0) is 12.8. The van der Waals surface area contributed by atoms with Crippen molar-refractivity contribution in [3.8, 4) is 6.19 Å². The van der Waals surface area contributed by atoms with Crippen LogP contribution in [0, 0.1) is 17.3 Å². The third-order valence-corrected chi connectivity index (χ3v) is 2.53. The van der Waals surface area contributed by atoms with Gasteiger partial charge in [0.1, 0.15) is 5.82 Å². The highest BCUT2D eigenvalue weighted by molar-refractivity contribution is 8.13. The molecule has 0 aliphatic carbocycles. The minimum absolute atomic E-state index is 0.245. The van der Waals surface area contributed by atoms with Gasteiger partial charge in [-0.25, -0.2) is 9.38 Å². The summed E-state index contributed by atoms with van der Waals surface area (Å²) in [6, 6.07) is 3.70. The predicted molar refractivity (Wildman–Crippen MR) is 65.9 cm³/mol. The summed E-state index contributed by atoms with van der Waals surface area (Å²) in [6.45, 7) is 0. The first-order chi connectivity index (χ1) is 8.08. The van der Waals surface area contributed by atoms with Gasteiger partial charge in [0, 0.05) is 0 Å². The lowest BCUT2D eigenvalue weighted by atomic mass is 10.2. The Morgan fingerprint density at radius 3 is 2.88 bits per heavy atom. The number of nitrogens with one attached hydrogen (secondary N) is 1. The number of hydrogen-bond acceptors (Lipinski definition) is 4. The van der Waals surface area contributed by atoms with Gasteiger partial charge in [-0.3, -0.25) is 10.1 Å². The van der Waals surface area contributed by atoms with Crippen LogP contribution in [0.1, 0.15) is 10.4 Å². The van der Waals surface area contributed by atoms with Crippen molar-refractivity contribution in [2.75, 3.05) is 6.26 Å². The summed E-state index contributed by atoms with van der Waals surface area (Å²) >= 11 is 6.42. The molecule has 0 aliphatic heterocycles. The fourth-order valence-corrected chi connectivity index (χ4v) is 1.51. The van der Waals surface area contributed by atoms with Gasteiger partial charge in [-0.1, -0.05) is 11.8 Å². The van der Waals surface area contributed by atoms with Crippen molar-refractivity contribution in [2.45, 2.75) is 0 Å². The van der Waals surface area contributed by atoms with E-state index < -0.39 is 11.1 Å². The molecule has 4 nitrogen and oxygen atoms in total. The van der Waals surface area contributed by atoms with Gasteiger partial charge in [0.15, 0.2) is 11.4 Å². The van der Waals surface area contributed by atoms with E-state index in [4.69, 9.17) is 16.9 Å². The van der Waals surface area contributed by atoms with Gasteiger partial charge in [0.05, 0.1) is 11.3 Å². The lowest BCUT2D eigenvalue weighted by Crippen LogP contribution is -2.12. The smallest absolute Gasteiger partial charge is 0.255 e. The third-order valence-electron chi connectivity index (χ3n) is 1.75. The van der Waals surface area contributed by atoms with Gasteiger partial charge in [-0.15, -0.1) is 0 Å². The maximum atomic E-state index is 13.2. The molecule has 0 bridgehead atoms. The van der Waals surface area contributed by atoms with Crippen LogP contribution in [0.5, 0.6) is 0 Å². The van der Waals surface area contributed by atoms with Crippen LogP contribution >= 0.6 is 23.4 Å². The molecule has 0 heterocycles. The predicted octanol–water partition coefficient (Wildman–Crippen LogP) is 2.63. The van der Waals surface area contributed by atoms with Gasteiger partial charge < -0.3 is 0 Å². The molecule has 0 unspecified atom stereocenters. The fourth-order valence-electron chi connectivity index (χ4n) is 1.02. The van der Waals surface area contributed by atoms with Gasteiger partial charge in [0.2, 0.25) is 0 Å². The molecule has 0 atom stereocenters. The van der Waals surface area contributed by atoms with Crippen molar-refractivity contribution < 1.29 is 9.18 Å². The molecule has 0 aromatic heterocycles. The number of carbonyl (C=O) groups excluding carboxylic acids is 1. The summed E-state index contributed by atoms with van der Waals surface area (Å²) < 4.78 is 13.2. The first kappa shape index (κ1) is 13.5. The Bertz CT molecular complexity index is 513. The largest absolute Gasteiger partial charge is 0.275 e. The van der Waals surface area contributed by atoms with E-state index in [9.17, 15) is 9.18 Å². The number of thioether (sulfide) groups is 1. The van der Waals surface area contributed by atoms with E-state index in [1.165, 1.54) is 23.9 Å². The summed E-state index contributed by atoms with van der Waals surface area (Å²) in [6.07, 6.45) is 3.44. The second-order valence-corrected chi connectivity index (χ2v) is 3.93. The summed E-state index contributed by atoms with van der Waals surface area (Å²) in [4.78, 5) is 14.9. The number of carbonyl (C=O) groups is 1. The summed E-state index contributed by atoms with van der Waals surface area (Å²) in [5, 5.41) is 10.2. The molecule has 1 aromatic carbocycles. The Hall–Kier alpha value is -1.58. The second kappa shape index (κ2) is 6.23. The molecule has 1 rings (SSSR count). The van der Waals surface area contributed by atoms with Gasteiger partial charge in [-0.2, -0.15) is 5.26 Å². The van der Waals surface area contributed by atoms with Gasteiger partial charge in [0.25, 0.3) is 5.24 Å². The zero-order valence-corrected chi connectivity index (χ0v) is 10.3. The average Bonchev–Trinajstić information content (AvgIpc) is 2.30. The number of rotatable bonds is 2. The first-order valence-corrected chi connectivity index (χ1v) is 5.96. The number of aliphatic imine (C=N–C) groups is 1. The van der Waals surface area contributed by atoms with Crippen LogP contribution in [0.2, 0.25) is 0 Å².